The summed E-state index contributed by atoms with van der Waals surface area (Å²) in [5.74, 6) is 2.51. The number of allylic oxidation sites excluding steroid dienone is 4. The van der Waals surface area contributed by atoms with Crippen LogP contribution in [0.5, 0.6) is 5.75 Å². The molecule has 0 fully saturated rings. The number of aliphatic hydroxyl groups excluding tert-OH is 1. The summed E-state index contributed by atoms with van der Waals surface area (Å²) in [6.45, 7) is 4.24. The van der Waals surface area contributed by atoms with Crippen LogP contribution in [0, 0.1) is 5.92 Å². The van der Waals surface area contributed by atoms with Gasteiger partial charge in [-0.3, -0.25) is 0 Å². The molecule has 3 rings (SSSR count). The van der Waals surface area contributed by atoms with Crippen LogP contribution in [-0.2, 0) is 4.74 Å². The molecule has 0 saturated heterocycles. The lowest BCUT2D eigenvalue weighted by atomic mass is 9.89. The zero-order valence-corrected chi connectivity index (χ0v) is 17.0. The standard InChI is InChI=1S/C21H26N2O3S/c1-13-6-5-7-15(11-24)17(14(2)20(13)26-4)12-27-21-22-18-9-8-16(25-3)10-19(18)23-21/h5-6,8-10,15,24H,7,11-12H2,1-4H3,(H,22,23). The van der Waals surface area contributed by atoms with Crippen molar-refractivity contribution in [3.63, 3.8) is 0 Å². The van der Waals surface area contributed by atoms with Gasteiger partial charge in [-0.05, 0) is 49.1 Å². The number of nitrogens with zero attached hydrogens (tertiary/aromatic N) is 1. The van der Waals surface area contributed by atoms with Crippen LogP contribution in [0.4, 0.5) is 0 Å². The van der Waals surface area contributed by atoms with E-state index in [4.69, 9.17) is 9.47 Å². The van der Waals surface area contributed by atoms with E-state index in [-0.39, 0.29) is 12.5 Å². The maximum Gasteiger partial charge on any atom is 0.166 e. The summed E-state index contributed by atoms with van der Waals surface area (Å²) < 4.78 is 10.9. The minimum Gasteiger partial charge on any atom is -0.497 e. The zero-order chi connectivity index (χ0) is 19.4. The van der Waals surface area contributed by atoms with E-state index in [1.807, 2.05) is 18.2 Å². The Balaban J connectivity index is 1.88. The highest BCUT2D eigenvalue weighted by Crippen LogP contribution is 2.33. The van der Waals surface area contributed by atoms with E-state index < -0.39 is 0 Å². The van der Waals surface area contributed by atoms with E-state index in [1.54, 1.807) is 26.0 Å². The fourth-order valence-corrected chi connectivity index (χ4v) is 4.50. The van der Waals surface area contributed by atoms with Crippen molar-refractivity contribution in [3.05, 3.63) is 52.8 Å². The van der Waals surface area contributed by atoms with Gasteiger partial charge < -0.3 is 19.6 Å². The summed E-state index contributed by atoms with van der Waals surface area (Å²) in [6, 6.07) is 5.81. The van der Waals surface area contributed by atoms with E-state index >= 15 is 0 Å². The molecule has 1 atom stereocenters. The predicted octanol–water partition coefficient (Wildman–Crippen LogP) is 4.47. The van der Waals surface area contributed by atoms with Gasteiger partial charge in [0.05, 0.1) is 25.3 Å². The molecular weight excluding hydrogens is 360 g/mol. The van der Waals surface area contributed by atoms with Gasteiger partial charge in [-0.15, -0.1) is 0 Å². The number of nitrogens with one attached hydrogen (secondary N) is 1. The molecule has 1 unspecified atom stereocenters. The van der Waals surface area contributed by atoms with E-state index in [0.29, 0.717) is 0 Å². The van der Waals surface area contributed by atoms with Crippen LogP contribution >= 0.6 is 11.8 Å². The molecule has 2 N–H and O–H groups in total. The summed E-state index contributed by atoms with van der Waals surface area (Å²) >= 11 is 1.64. The number of fused-ring (bicyclic) bond motifs is 1. The summed E-state index contributed by atoms with van der Waals surface area (Å²) in [6.07, 6.45) is 5.00. The van der Waals surface area contributed by atoms with E-state index in [0.717, 1.165) is 51.0 Å². The normalized spacial score (nSPS) is 18.0. The number of aromatic nitrogens is 2. The molecule has 0 saturated carbocycles. The van der Waals surface area contributed by atoms with Crippen molar-refractivity contribution in [1.29, 1.82) is 0 Å². The van der Waals surface area contributed by atoms with Crippen LogP contribution in [-0.4, -0.2) is 41.7 Å². The Morgan fingerprint density at radius 1 is 1.26 bits per heavy atom. The molecule has 1 aromatic heterocycles. The summed E-state index contributed by atoms with van der Waals surface area (Å²) in [5.41, 5.74) is 5.27. The first-order chi connectivity index (χ1) is 13.1. The monoisotopic (exact) mass is 386 g/mol. The van der Waals surface area contributed by atoms with Crippen LogP contribution in [0.3, 0.4) is 0 Å². The van der Waals surface area contributed by atoms with Gasteiger partial charge in [-0.1, -0.05) is 23.9 Å². The third kappa shape index (κ3) is 4.22. The Morgan fingerprint density at radius 2 is 2.07 bits per heavy atom. The molecule has 0 bridgehead atoms. The minimum atomic E-state index is 0.0801. The van der Waals surface area contributed by atoms with Crippen molar-refractivity contribution < 1.29 is 14.6 Å². The minimum absolute atomic E-state index is 0.0801. The molecule has 1 aromatic carbocycles. The average molecular weight is 387 g/mol. The smallest absolute Gasteiger partial charge is 0.166 e. The Bertz CT molecular complexity index is 911. The number of hydrogen-bond acceptors (Lipinski definition) is 5. The van der Waals surface area contributed by atoms with E-state index in [9.17, 15) is 5.11 Å². The molecule has 0 aliphatic heterocycles. The predicted molar refractivity (Wildman–Crippen MR) is 110 cm³/mol. The largest absolute Gasteiger partial charge is 0.497 e. The van der Waals surface area contributed by atoms with Crippen LogP contribution in [0.15, 0.2) is 58.0 Å². The number of methoxy groups -OCH3 is 2. The highest BCUT2D eigenvalue weighted by Gasteiger charge is 2.21. The van der Waals surface area contributed by atoms with Gasteiger partial charge in [0.2, 0.25) is 0 Å². The highest BCUT2D eigenvalue weighted by molar-refractivity contribution is 7.99. The number of hydrogen-bond donors (Lipinski definition) is 2. The molecule has 0 amide bonds. The quantitative estimate of drug-likeness (QED) is 0.717. The van der Waals surface area contributed by atoms with Crippen molar-refractivity contribution in [3.8, 4) is 5.75 Å². The summed E-state index contributed by atoms with van der Waals surface area (Å²) in [7, 11) is 3.35. The second-order valence-electron chi connectivity index (χ2n) is 6.60. The van der Waals surface area contributed by atoms with Crippen LogP contribution in [0.2, 0.25) is 0 Å². The summed E-state index contributed by atoms with van der Waals surface area (Å²) in [5, 5.41) is 10.8. The van der Waals surface area contributed by atoms with Gasteiger partial charge in [0.1, 0.15) is 11.5 Å². The molecule has 1 aliphatic carbocycles. The second kappa shape index (κ2) is 8.67. The topological polar surface area (TPSA) is 67.4 Å². The number of H-pyrrole nitrogens is 1. The first-order valence-corrected chi connectivity index (χ1v) is 9.94. The number of aliphatic hydroxyl groups is 1. The Labute approximate surface area is 164 Å². The second-order valence-corrected chi connectivity index (χ2v) is 7.56. The lowest BCUT2D eigenvalue weighted by molar-refractivity contribution is 0.244. The molecule has 6 heteroatoms. The Morgan fingerprint density at radius 3 is 2.78 bits per heavy atom. The van der Waals surface area contributed by atoms with Crippen molar-refractivity contribution >= 4 is 22.8 Å². The van der Waals surface area contributed by atoms with Crippen molar-refractivity contribution in [2.24, 2.45) is 5.92 Å². The average Bonchev–Trinajstić information content (AvgIpc) is 3.08. The lowest BCUT2D eigenvalue weighted by Gasteiger charge is -2.23. The molecule has 0 radical (unpaired) electrons. The van der Waals surface area contributed by atoms with Gasteiger partial charge >= 0.3 is 0 Å². The first kappa shape index (κ1) is 19.6. The third-order valence-electron chi connectivity index (χ3n) is 4.92. The van der Waals surface area contributed by atoms with E-state index in [2.05, 4.69) is 36.0 Å². The maximum absolute atomic E-state index is 9.92. The molecule has 1 aliphatic rings. The van der Waals surface area contributed by atoms with Gasteiger partial charge in [0, 0.05) is 24.3 Å². The lowest BCUT2D eigenvalue weighted by Crippen LogP contribution is -2.15. The van der Waals surface area contributed by atoms with E-state index in [1.165, 1.54) is 5.57 Å². The fraction of sp³-hybridized carbons (Fsp3) is 0.381. The highest BCUT2D eigenvalue weighted by atomic mass is 32.2. The van der Waals surface area contributed by atoms with Gasteiger partial charge in [-0.25, -0.2) is 4.98 Å². The maximum atomic E-state index is 9.92. The van der Waals surface area contributed by atoms with Crippen molar-refractivity contribution in [2.75, 3.05) is 26.6 Å². The molecule has 1 heterocycles. The molecule has 2 aromatic rings. The summed E-state index contributed by atoms with van der Waals surface area (Å²) in [4.78, 5) is 8.00. The van der Waals surface area contributed by atoms with Crippen LogP contribution in [0.1, 0.15) is 20.3 Å². The van der Waals surface area contributed by atoms with Gasteiger partial charge in [-0.2, -0.15) is 0 Å². The molecule has 5 nitrogen and oxygen atoms in total. The SMILES string of the molecule is COC1=C(C)C=CCC(CO)C(CSc2nc3ccc(OC)cc3[nH]2)=C1C. The fourth-order valence-electron chi connectivity index (χ4n) is 3.41. The van der Waals surface area contributed by atoms with Gasteiger partial charge in [0.25, 0.3) is 0 Å². The molecule has 27 heavy (non-hydrogen) atoms. The van der Waals surface area contributed by atoms with Crippen molar-refractivity contribution in [1.82, 2.24) is 9.97 Å². The molecule has 144 valence electrons. The number of thioether (sulfide) groups is 1. The van der Waals surface area contributed by atoms with Gasteiger partial charge in [0.15, 0.2) is 5.16 Å². The number of rotatable bonds is 6. The number of imidazole rings is 1. The van der Waals surface area contributed by atoms with Crippen LogP contribution < -0.4 is 4.74 Å². The Hall–Kier alpha value is -2.18. The Kier molecular flexibility index (Phi) is 6.29. The molecule has 0 spiro atoms. The first-order valence-electron chi connectivity index (χ1n) is 8.96. The number of aromatic amines is 1. The zero-order valence-electron chi connectivity index (χ0n) is 16.2. The number of ether oxygens (including phenoxy) is 2. The molecular formula is C21H26N2O3S. The number of benzene rings is 1. The van der Waals surface area contributed by atoms with Crippen LogP contribution in [0.25, 0.3) is 11.0 Å². The van der Waals surface area contributed by atoms with Crippen molar-refractivity contribution in [2.45, 2.75) is 25.4 Å². The third-order valence-corrected chi connectivity index (χ3v) is 5.84.